The number of ether oxygens (including phenoxy) is 1. The summed E-state index contributed by atoms with van der Waals surface area (Å²) >= 11 is 6.36. The molecule has 0 fully saturated rings. The Kier molecular flexibility index (Phi) is 9.41. The Labute approximate surface area is 221 Å². The highest BCUT2D eigenvalue weighted by molar-refractivity contribution is 6.77. The number of carbonyl (C=O) groups is 2. The molecular weight excluding hydrogens is 494 g/mol. The number of esters is 1. The van der Waals surface area contributed by atoms with E-state index in [0.717, 1.165) is 5.56 Å². The van der Waals surface area contributed by atoms with Gasteiger partial charge in [0.25, 0.3) is 5.91 Å². The van der Waals surface area contributed by atoms with Crippen LogP contribution in [0.4, 0.5) is 0 Å². The van der Waals surface area contributed by atoms with E-state index in [2.05, 4.69) is 46.6 Å². The van der Waals surface area contributed by atoms with Crippen LogP contribution in [-0.4, -0.2) is 54.6 Å². The minimum absolute atomic E-state index is 0.153. The third-order valence-corrected chi connectivity index (χ3v) is 13.8. The lowest BCUT2D eigenvalue weighted by atomic mass is 10.1. The molecule has 0 saturated heterocycles. The topological polar surface area (TPSA) is 73.7 Å². The van der Waals surface area contributed by atoms with Crippen LogP contribution in [0.3, 0.4) is 0 Å². The van der Waals surface area contributed by atoms with Crippen LogP contribution in [0.2, 0.25) is 21.6 Å². The molecule has 0 radical (unpaired) electrons. The van der Waals surface area contributed by atoms with Crippen molar-refractivity contribution in [1.29, 1.82) is 0 Å². The lowest BCUT2D eigenvalue weighted by molar-refractivity contribution is 0.0516. The van der Waals surface area contributed by atoms with Crippen molar-refractivity contribution in [3.63, 3.8) is 0 Å². The van der Waals surface area contributed by atoms with E-state index >= 15 is 0 Å². The van der Waals surface area contributed by atoms with Crippen LogP contribution in [-0.2, 0) is 28.7 Å². The Hall–Kier alpha value is -2.16. The molecule has 1 aliphatic rings. The Balaban J connectivity index is 1.92. The highest BCUT2D eigenvalue weighted by Crippen LogP contribution is 2.42. The van der Waals surface area contributed by atoms with Gasteiger partial charge in [0.05, 0.1) is 13.2 Å². The number of hydrogen-bond donors (Lipinski definition) is 0. The van der Waals surface area contributed by atoms with E-state index in [1.807, 2.05) is 24.3 Å². The van der Waals surface area contributed by atoms with Crippen molar-refractivity contribution >= 4 is 31.8 Å². The number of benzene rings is 1. The number of carbonyl (C=O) groups excluding carboxylic acids is 2. The van der Waals surface area contributed by atoms with E-state index in [4.69, 9.17) is 20.8 Å². The molecule has 0 N–H and O–H groups in total. The number of halogens is 1. The average Bonchev–Trinajstić information content (AvgIpc) is 3.18. The Bertz CT molecular complexity index is 1060. The smallest absolute Gasteiger partial charge is 0.359 e. The Morgan fingerprint density at radius 2 is 1.72 bits per heavy atom. The van der Waals surface area contributed by atoms with Crippen LogP contribution in [0.5, 0.6) is 0 Å². The summed E-state index contributed by atoms with van der Waals surface area (Å²) in [5, 5.41) is 5.15. The van der Waals surface area contributed by atoms with Gasteiger partial charge in [-0.1, -0.05) is 71.3 Å². The third-order valence-electron chi connectivity index (χ3n) is 7.32. The summed E-state index contributed by atoms with van der Waals surface area (Å²) in [6.45, 7) is 17.3. The average molecular weight is 534 g/mol. The van der Waals surface area contributed by atoms with Gasteiger partial charge in [-0.3, -0.25) is 9.48 Å². The number of nitrogens with zero attached hydrogens (tertiary/aromatic N) is 3. The van der Waals surface area contributed by atoms with E-state index in [0.29, 0.717) is 65.6 Å². The Morgan fingerprint density at radius 3 is 2.31 bits per heavy atom. The second-order valence-corrected chi connectivity index (χ2v) is 16.2. The standard InChI is InChI=1S/C27H40ClN3O4Si/c1-8-34-27(33)24-22(13-16-35-36(18(2)3,19(4)5)20(6)7)25-26(32)30(14-15-31(25)29-24)17-21-11-9-10-12-23(21)28/h9-12,18-20H,8,13-17H2,1-7H3. The van der Waals surface area contributed by atoms with E-state index in [1.165, 1.54) is 0 Å². The maximum absolute atomic E-state index is 13.7. The van der Waals surface area contributed by atoms with Crippen LogP contribution < -0.4 is 0 Å². The maximum Gasteiger partial charge on any atom is 0.359 e. The Morgan fingerprint density at radius 1 is 1.08 bits per heavy atom. The second-order valence-electron chi connectivity index (χ2n) is 10.4. The monoisotopic (exact) mass is 533 g/mol. The lowest BCUT2D eigenvalue weighted by Crippen LogP contribution is -2.48. The summed E-state index contributed by atoms with van der Waals surface area (Å²) in [6, 6.07) is 7.53. The van der Waals surface area contributed by atoms with Crippen LogP contribution in [0.25, 0.3) is 0 Å². The highest BCUT2D eigenvalue weighted by Gasteiger charge is 2.45. The number of amides is 1. The van der Waals surface area contributed by atoms with Gasteiger partial charge in [0, 0.05) is 30.3 Å². The summed E-state index contributed by atoms with van der Waals surface area (Å²) in [6.07, 6.45) is 0.427. The molecule has 2 heterocycles. The molecular formula is C27H40ClN3O4Si. The summed E-state index contributed by atoms with van der Waals surface area (Å²) in [4.78, 5) is 28.3. The molecule has 1 aromatic heterocycles. The first-order valence-corrected chi connectivity index (χ1v) is 15.5. The van der Waals surface area contributed by atoms with E-state index in [1.54, 1.807) is 16.5 Å². The highest BCUT2D eigenvalue weighted by atomic mass is 35.5. The van der Waals surface area contributed by atoms with Crippen molar-refractivity contribution in [3.8, 4) is 0 Å². The fourth-order valence-corrected chi connectivity index (χ4v) is 11.4. The van der Waals surface area contributed by atoms with Crippen LogP contribution in [0.1, 0.15) is 80.6 Å². The summed E-state index contributed by atoms with van der Waals surface area (Å²) in [7, 11) is -2.10. The largest absolute Gasteiger partial charge is 0.461 e. The zero-order valence-corrected chi connectivity index (χ0v) is 24.4. The number of rotatable bonds is 11. The van der Waals surface area contributed by atoms with Crippen LogP contribution in [0.15, 0.2) is 24.3 Å². The fourth-order valence-electron chi connectivity index (χ4n) is 5.78. The van der Waals surface area contributed by atoms with Gasteiger partial charge in [-0.05, 0) is 41.6 Å². The molecule has 7 nitrogen and oxygen atoms in total. The third kappa shape index (κ3) is 5.55. The van der Waals surface area contributed by atoms with Gasteiger partial charge in [0.1, 0.15) is 5.69 Å². The SMILES string of the molecule is CCOC(=O)c1nn2c(c1CCO[Si](C(C)C)(C(C)C)C(C)C)C(=O)N(Cc1ccccc1Cl)CC2. The molecule has 1 aromatic carbocycles. The lowest BCUT2D eigenvalue weighted by Gasteiger charge is -2.42. The van der Waals surface area contributed by atoms with Crippen molar-refractivity contribution < 1.29 is 18.8 Å². The predicted octanol–water partition coefficient (Wildman–Crippen LogP) is 6.10. The molecule has 0 aliphatic carbocycles. The number of hydrogen-bond acceptors (Lipinski definition) is 5. The minimum Gasteiger partial charge on any atom is -0.461 e. The molecule has 198 valence electrons. The quantitative estimate of drug-likeness (QED) is 0.257. The number of fused-ring (bicyclic) bond motifs is 1. The predicted molar refractivity (Wildman–Crippen MR) is 145 cm³/mol. The van der Waals surface area contributed by atoms with Gasteiger partial charge in [-0.15, -0.1) is 0 Å². The maximum atomic E-state index is 13.7. The summed E-state index contributed by atoms with van der Waals surface area (Å²) < 4.78 is 13.7. The molecule has 0 bridgehead atoms. The zero-order valence-electron chi connectivity index (χ0n) is 22.6. The molecule has 9 heteroatoms. The van der Waals surface area contributed by atoms with Gasteiger partial charge in [-0.2, -0.15) is 5.10 Å². The summed E-state index contributed by atoms with van der Waals surface area (Å²) in [5.41, 5.74) is 3.49. The second kappa shape index (κ2) is 11.9. The van der Waals surface area contributed by atoms with Crippen LogP contribution in [0, 0.1) is 0 Å². The van der Waals surface area contributed by atoms with Crippen molar-refractivity contribution in [2.75, 3.05) is 19.8 Å². The van der Waals surface area contributed by atoms with E-state index < -0.39 is 14.3 Å². The van der Waals surface area contributed by atoms with Crippen molar-refractivity contribution in [2.24, 2.45) is 0 Å². The zero-order chi connectivity index (χ0) is 26.6. The number of aromatic nitrogens is 2. The fraction of sp³-hybridized carbons (Fsp3) is 0.593. The molecule has 3 rings (SSSR count). The molecule has 0 spiro atoms. The van der Waals surface area contributed by atoms with Crippen molar-refractivity contribution in [1.82, 2.24) is 14.7 Å². The van der Waals surface area contributed by atoms with Gasteiger partial charge in [0.15, 0.2) is 14.0 Å². The molecule has 1 aliphatic heterocycles. The van der Waals surface area contributed by atoms with Crippen molar-refractivity contribution in [3.05, 3.63) is 51.8 Å². The molecule has 2 aromatic rings. The minimum atomic E-state index is -2.10. The van der Waals surface area contributed by atoms with Gasteiger partial charge < -0.3 is 14.1 Å². The summed E-state index contributed by atoms with van der Waals surface area (Å²) in [5.74, 6) is -0.653. The molecule has 1 amide bonds. The molecule has 0 atom stereocenters. The van der Waals surface area contributed by atoms with E-state index in [-0.39, 0.29) is 18.2 Å². The van der Waals surface area contributed by atoms with Crippen molar-refractivity contribution in [2.45, 2.75) is 84.6 Å². The van der Waals surface area contributed by atoms with Gasteiger partial charge in [0.2, 0.25) is 0 Å². The molecule has 0 saturated carbocycles. The van der Waals surface area contributed by atoms with Gasteiger partial charge >= 0.3 is 5.97 Å². The first-order chi connectivity index (χ1) is 17.0. The van der Waals surface area contributed by atoms with E-state index in [9.17, 15) is 9.59 Å². The normalized spacial score (nSPS) is 14.2. The van der Waals surface area contributed by atoms with Crippen LogP contribution >= 0.6 is 11.6 Å². The molecule has 36 heavy (non-hydrogen) atoms. The van der Waals surface area contributed by atoms with Gasteiger partial charge in [-0.25, -0.2) is 4.79 Å². The first-order valence-electron chi connectivity index (χ1n) is 13.0. The first kappa shape index (κ1) is 28.4. The molecule has 0 unspecified atom stereocenters.